The molecule has 0 aromatic heterocycles. The van der Waals surface area contributed by atoms with Crippen LogP contribution in [0.5, 0.6) is 5.75 Å². The van der Waals surface area contributed by atoms with E-state index in [2.05, 4.69) is 17.1 Å². The number of halogens is 1. The quantitative estimate of drug-likeness (QED) is 0.626. The van der Waals surface area contributed by atoms with E-state index >= 15 is 0 Å². The van der Waals surface area contributed by atoms with Gasteiger partial charge in [-0.2, -0.15) is 0 Å². The summed E-state index contributed by atoms with van der Waals surface area (Å²) in [4.78, 5) is 15.9. The van der Waals surface area contributed by atoms with Crippen LogP contribution in [0.15, 0.2) is 48.5 Å². The average molecular weight is 457 g/mol. The molecule has 0 saturated carbocycles. The molecule has 0 radical (unpaired) electrons. The van der Waals surface area contributed by atoms with Gasteiger partial charge in [-0.05, 0) is 80.1 Å². The first-order valence-corrected chi connectivity index (χ1v) is 12.0. The van der Waals surface area contributed by atoms with Gasteiger partial charge in [0.15, 0.2) is 0 Å². The Morgan fingerprint density at radius 3 is 2.56 bits per heavy atom. The van der Waals surface area contributed by atoms with E-state index in [4.69, 9.17) is 21.1 Å². The highest BCUT2D eigenvalue weighted by Crippen LogP contribution is 2.37. The molecular formula is C26H33ClN2O3. The van der Waals surface area contributed by atoms with Crippen molar-refractivity contribution in [3.8, 4) is 5.75 Å². The van der Waals surface area contributed by atoms with Crippen molar-refractivity contribution >= 4 is 23.2 Å². The van der Waals surface area contributed by atoms with Gasteiger partial charge in [-0.25, -0.2) is 0 Å². The second-order valence-corrected chi connectivity index (χ2v) is 9.51. The fourth-order valence-electron chi connectivity index (χ4n) is 4.80. The van der Waals surface area contributed by atoms with Crippen molar-refractivity contribution in [1.82, 2.24) is 4.90 Å². The normalized spacial score (nSPS) is 21.1. The lowest BCUT2D eigenvalue weighted by Gasteiger charge is -2.36. The van der Waals surface area contributed by atoms with Crippen LogP contribution in [0.3, 0.4) is 0 Å². The molecule has 1 N–H and O–H groups in total. The van der Waals surface area contributed by atoms with Gasteiger partial charge < -0.3 is 14.8 Å². The van der Waals surface area contributed by atoms with Crippen molar-refractivity contribution < 1.29 is 14.3 Å². The summed E-state index contributed by atoms with van der Waals surface area (Å²) in [7, 11) is 0. The zero-order valence-electron chi connectivity index (χ0n) is 18.8. The highest BCUT2D eigenvalue weighted by atomic mass is 35.5. The fourth-order valence-corrected chi connectivity index (χ4v) is 4.93. The van der Waals surface area contributed by atoms with E-state index in [0.717, 1.165) is 36.0 Å². The Kier molecular flexibility index (Phi) is 7.71. The molecule has 4 rings (SSSR count). The smallest absolute Gasteiger partial charge is 0.235 e. The lowest BCUT2D eigenvalue weighted by atomic mass is 9.73. The van der Waals surface area contributed by atoms with Crippen LogP contribution < -0.4 is 10.1 Å². The van der Waals surface area contributed by atoms with Crippen LogP contribution in [0.1, 0.15) is 38.2 Å². The number of carbonyl (C=O) groups excluding carboxylic acids is 1. The molecule has 32 heavy (non-hydrogen) atoms. The summed E-state index contributed by atoms with van der Waals surface area (Å²) in [6.07, 6.45) is 3.91. The van der Waals surface area contributed by atoms with Crippen LogP contribution in [0, 0.1) is 5.92 Å². The van der Waals surface area contributed by atoms with E-state index in [1.54, 1.807) is 0 Å². The third-order valence-corrected chi connectivity index (χ3v) is 6.96. The molecule has 2 aromatic carbocycles. The summed E-state index contributed by atoms with van der Waals surface area (Å²) in [6, 6.07) is 15.3. The Morgan fingerprint density at radius 2 is 1.88 bits per heavy atom. The SMILES string of the molecule is CC1CCCN(CCOc2ccc(NC(=O)C3(c4ccc(Cl)cc4)CCOCC3)cc2)C1. The van der Waals surface area contributed by atoms with Crippen molar-refractivity contribution in [1.29, 1.82) is 0 Å². The molecule has 2 saturated heterocycles. The fraction of sp³-hybridized carbons (Fsp3) is 0.500. The topological polar surface area (TPSA) is 50.8 Å². The van der Waals surface area contributed by atoms with Crippen molar-refractivity contribution in [3.63, 3.8) is 0 Å². The standard InChI is InChI=1S/C26H33ClN2O3/c1-20-3-2-14-29(19-20)15-18-32-24-10-8-23(9-11-24)28-25(30)26(12-16-31-17-13-26)21-4-6-22(27)7-5-21/h4-11,20H,2-3,12-19H2,1H3,(H,28,30). The molecule has 0 aliphatic carbocycles. The minimum Gasteiger partial charge on any atom is -0.492 e. The van der Waals surface area contributed by atoms with Crippen molar-refractivity contribution in [2.45, 2.75) is 38.0 Å². The number of hydrogen-bond donors (Lipinski definition) is 1. The van der Waals surface area contributed by atoms with Gasteiger partial charge in [-0.3, -0.25) is 9.69 Å². The lowest BCUT2D eigenvalue weighted by molar-refractivity contribution is -0.125. The summed E-state index contributed by atoms with van der Waals surface area (Å²) in [5, 5.41) is 3.78. The van der Waals surface area contributed by atoms with Crippen molar-refractivity contribution in [2.75, 3.05) is 44.8 Å². The van der Waals surface area contributed by atoms with Gasteiger partial charge in [0, 0.05) is 37.0 Å². The van der Waals surface area contributed by atoms with Crippen LogP contribution >= 0.6 is 11.6 Å². The number of piperidine rings is 1. The van der Waals surface area contributed by atoms with E-state index in [0.29, 0.717) is 37.7 Å². The maximum atomic E-state index is 13.4. The number of nitrogens with zero attached hydrogens (tertiary/aromatic N) is 1. The molecule has 2 aromatic rings. The van der Waals surface area contributed by atoms with Gasteiger partial charge >= 0.3 is 0 Å². The third kappa shape index (κ3) is 5.64. The van der Waals surface area contributed by atoms with Crippen molar-refractivity contribution in [2.24, 2.45) is 5.92 Å². The van der Waals surface area contributed by atoms with Crippen molar-refractivity contribution in [3.05, 3.63) is 59.1 Å². The predicted molar refractivity (Wildman–Crippen MR) is 129 cm³/mol. The van der Waals surface area contributed by atoms with Gasteiger partial charge in [0.25, 0.3) is 0 Å². The molecule has 1 unspecified atom stereocenters. The Balaban J connectivity index is 1.35. The van der Waals surface area contributed by atoms with Crippen LogP contribution in [0.4, 0.5) is 5.69 Å². The van der Waals surface area contributed by atoms with Gasteiger partial charge in [-0.15, -0.1) is 0 Å². The number of likely N-dealkylation sites (tertiary alicyclic amines) is 1. The zero-order valence-corrected chi connectivity index (χ0v) is 19.6. The molecule has 0 bridgehead atoms. The van der Waals surface area contributed by atoms with Crippen LogP contribution in [-0.4, -0.2) is 50.3 Å². The predicted octanol–water partition coefficient (Wildman–Crippen LogP) is 5.14. The Bertz CT molecular complexity index is 879. The molecule has 0 spiro atoms. The van der Waals surface area contributed by atoms with E-state index in [-0.39, 0.29) is 5.91 Å². The number of ether oxygens (including phenoxy) is 2. The van der Waals surface area contributed by atoms with E-state index in [9.17, 15) is 4.79 Å². The summed E-state index contributed by atoms with van der Waals surface area (Å²) < 4.78 is 11.5. The minimum absolute atomic E-state index is 0.00370. The Hall–Kier alpha value is -2.08. The molecule has 2 aliphatic heterocycles. The maximum absolute atomic E-state index is 13.4. The summed E-state index contributed by atoms with van der Waals surface area (Å²) >= 11 is 6.07. The monoisotopic (exact) mass is 456 g/mol. The molecule has 2 heterocycles. The van der Waals surface area contributed by atoms with E-state index in [1.165, 1.54) is 19.4 Å². The van der Waals surface area contributed by atoms with Gasteiger partial charge in [0.1, 0.15) is 12.4 Å². The summed E-state index contributed by atoms with van der Waals surface area (Å²) in [5.74, 6) is 1.60. The highest BCUT2D eigenvalue weighted by Gasteiger charge is 2.41. The van der Waals surface area contributed by atoms with E-state index < -0.39 is 5.41 Å². The first-order valence-electron chi connectivity index (χ1n) is 11.7. The number of hydrogen-bond acceptors (Lipinski definition) is 4. The van der Waals surface area contributed by atoms with Crippen LogP contribution in [0.25, 0.3) is 0 Å². The van der Waals surface area contributed by atoms with Gasteiger partial charge in [0.2, 0.25) is 5.91 Å². The molecule has 1 atom stereocenters. The highest BCUT2D eigenvalue weighted by molar-refractivity contribution is 6.30. The minimum atomic E-state index is -0.608. The second kappa shape index (κ2) is 10.7. The largest absolute Gasteiger partial charge is 0.492 e. The Morgan fingerprint density at radius 1 is 1.16 bits per heavy atom. The number of carbonyl (C=O) groups is 1. The maximum Gasteiger partial charge on any atom is 0.235 e. The van der Waals surface area contributed by atoms with Gasteiger partial charge in [-0.1, -0.05) is 30.7 Å². The molecule has 6 heteroatoms. The molecule has 2 fully saturated rings. The number of benzene rings is 2. The van der Waals surface area contributed by atoms with Crippen LogP contribution in [0.2, 0.25) is 5.02 Å². The number of nitrogens with one attached hydrogen (secondary N) is 1. The lowest BCUT2D eigenvalue weighted by Crippen LogP contribution is -2.44. The molecule has 5 nitrogen and oxygen atoms in total. The number of anilines is 1. The summed E-state index contributed by atoms with van der Waals surface area (Å²) in [6.45, 7) is 7.41. The molecule has 1 amide bonds. The van der Waals surface area contributed by atoms with E-state index in [1.807, 2.05) is 48.5 Å². The zero-order chi connectivity index (χ0) is 22.4. The number of amides is 1. The average Bonchev–Trinajstić information content (AvgIpc) is 2.81. The van der Waals surface area contributed by atoms with Gasteiger partial charge in [0.05, 0.1) is 5.41 Å². The molecular weight excluding hydrogens is 424 g/mol. The molecule has 172 valence electrons. The first-order chi connectivity index (χ1) is 15.5. The molecule has 2 aliphatic rings. The Labute approximate surface area is 196 Å². The first kappa shape index (κ1) is 23.1. The third-order valence-electron chi connectivity index (χ3n) is 6.71. The summed E-state index contributed by atoms with van der Waals surface area (Å²) in [5.41, 5.74) is 1.14. The number of rotatable bonds is 7. The van der Waals surface area contributed by atoms with Crippen LogP contribution in [-0.2, 0) is 14.9 Å². The second-order valence-electron chi connectivity index (χ2n) is 9.08.